The van der Waals surface area contributed by atoms with Gasteiger partial charge in [0.25, 0.3) is 0 Å². The third-order valence-electron chi connectivity index (χ3n) is 2.62. The molecule has 2 aromatic rings. The van der Waals surface area contributed by atoms with Gasteiger partial charge in [0.1, 0.15) is 0 Å². The van der Waals surface area contributed by atoms with Crippen LogP contribution >= 0.6 is 0 Å². The summed E-state index contributed by atoms with van der Waals surface area (Å²) in [4.78, 5) is 15.5. The Hall–Kier alpha value is -1.90. The van der Waals surface area contributed by atoms with Gasteiger partial charge in [0.15, 0.2) is 0 Å². The summed E-state index contributed by atoms with van der Waals surface area (Å²) in [6.07, 6.45) is 0. The van der Waals surface area contributed by atoms with E-state index < -0.39 is 5.97 Å². The Morgan fingerprint density at radius 2 is 1.88 bits per heavy atom. The molecule has 0 atom stereocenters. The van der Waals surface area contributed by atoms with Crippen LogP contribution in [-0.2, 0) is 0 Å². The molecule has 82 valence electrons. The second-order valence-corrected chi connectivity index (χ2v) is 4.09. The first-order chi connectivity index (χ1) is 7.49. The van der Waals surface area contributed by atoms with Crippen molar-refractivity contribution in [2.75, 3.05) is 0 Å². The van der Waals surface area contributed by atoms with E-state index >= 15 is 0 Å². The summed E-state index contributed by atoms with van der Waals surface area (Å²) in [5.74, 6) is -0.925. The molecule has 1 aromatic heterocycles. The fourth-order valence-electron chi connectivity index (χ4n) is 1.96. The Morgan fingerprint density at radius 3 is 2.50 bits per heavy atom. The number of benzene rings is 1. The highest BCUT2D eigenvalue weighted by atomic mass is 16.4. The molecule has 0 saturated carbocycles. The van der Waals surface area contributed by atoms with Crippen LogP contribution in [0.3, 0.4) is 0 Å². The summed E-state index contributed by atoms with van der Waals surface area (Å²) in [5.41, 5.74) is 3.71. The molecule has 2 rings (SSSR count). The Morgan fingerprint density at radius 1 is 1.19 bits per heavy atom. The number of hydrogen-bond acceptors (Lipinski definition) is 2. The molecular weight excluding hydrogens is 202 g/mol. The molecule has 0 bridgehead atoms. The molecular formula is C13H13NO2. The van der Waals surface area contributed by atoms with E-state index in [0.717, 1.165) is 22.2 Å². The number of fused-ring (bicyclic) bond motifs is 1. The maximum Gasteiger partial charge on any atom is 0.337 e. The van der Waals surface area contributed by atoms with E-state index in [9.17, 15) is 4.79 Å². The molecule has 0 amide bonds. The lowest BCUT2D eigenvalue weighted by Crippen LogP contribution is -2.01. The number of aromatic nitrogens is 1. The predicted octanol–water partition coefficient (Wildman–Crippen LogP) is 2.86. The molecule has 0 aliphatic heterocycles. The van der Waals surface area contributed by atoms with Crippen molar-refractivity contribution in [2.45, 2.75) is 20.8 Å². The lowest BCUT2D eigenvalue weighted by Gasteiger charge is -2.07. The first-order valence-electron chi connectivity index (χ1n) is 5.11. The summed E-state index contributed by atoms with van der Waals surface area (Å²) in [6, 6.07) is 5.60. The van der Waals surface area contributed by atoms with Crippen molar-refractivity contribution in [3.8, 4) is 0 Å². The van der Waals surface area contributed by atoms with Crippen molar-refractivity contribution in [3.05, 3.63) is 40.6 Å². The Kier molecular flexibility index (Phi) is 2.38. The van der Waals surface area contributed by atoms with Crippen LogP contribution in [0.2, 0.25) is 0 Å². The van der Waals surface area contributed by atoms with Crippen LogP contribution in [0.15, 0.2) is 18.2 Å². The van der Waals surface area contributed by atoms with Crippen molar-refractivity contribution < 1.29 is 9.90 Å². The van der Waals surface area contributed by atoms with Gasteiger partial charge in [0.05, 0.1) is 11.1 Å². The maximum absolute atomic E-state index is 11.1. The molecule has 0 radical (unpaired) electrons. The highest BCUT2D eigenvalue weighted by Gasteiger charge is 2.12. The van der Waals surface area contributed by atoms with Gasteiger partial charge < -0.3 is 5.11 Å². The molecule has 1 aromatic carbocycles. The quantitative estimate of drug-likeness (QED) is 0.795. The van der Waals surface area contributed by atoms with Crippen molar-refractivity contribution in [2.24, 2.45) is 0 Å². The zero-order chi connectivity index (χ0) is 11.9. The number of nitrogens with zero attached hydrogens (tertiary/aromatic N) is 1. The SMILES string of the molecule is Cc1cc(C(=O)O)c2nc(C)cc(C)c2c1. The van der Waals surface area contributed by atoms with Crippen LogP contribution in [-0.4, -0.2) is 16.1 Å². The van der Waals surface area contributed by atoms with Crippen molar-refractivity contribution >= 4 is 16.9 Å². The van der Waals surface area contributed by atoms with Crippen LogP contribution in [0, 0.1) is 20.8 Å². The second kappa shape index (κ2) is 3.59. The summed E-state index contributed by atoms with van der Waals surface area (Å²) >= 11 is 0. The molecule has 0 fully saturated rings. The van der Waals surface area contributed by atoms with E-state index in [1.807, 2.05) is 32.9 Å². The van der Waals surface area contributed by atoms with Gasteiger partial charge >= 0.3 is 5.97 Å². The zero-order valence-corrected chi connectivity index (χ0v) is 9.53. The average molecular weight is 215 g/mol. The van der Waals surface area contributed by atoms with Crippen molar-refractivity contribution in [1.82, 2.24) is 4.98 Å². The molecule has 16 heavy (non-hydrogen) atoms. The summed E-state index contributed by atoms with van der Waals surface area (Å²) in [7, 11) is 0. The molecule has 0 unspecified atom stereocenters. The van der Waals surface area contributed by atoms with Gasteiger partial charge in [-0.3, -0.25) is 4.98 Å². The maximum atomic E-state index is 11.1. The van der Waals surface area contributed by atoms with Gasteiger partial charge in [0, 0.05) is 11.1 Å². The van der Waals surface area contributed by atoms with Crippen LogP contribution in [0.4, 0.5) is 0 Å². The smallest absolute Gasteiger partial charge is 0.337 e. The minimum Gasteiger partial charge on any atom is -0.478 e. The highest BCUT2D eigenvalue weighted by Crippen LogP contribution is 2.23. The minimum atomic E-state index is -0.925. The third-order valence-corrected chi connectivity index (χ3v) is 2.62. The Bertz CT molecular complexity index is 588. The normalized spacial score (nSPS) is 10.7. The van der Waals surface area contributed by atoms with E-state index in [1.165, 1.54) is 0 Å². The van der Waals surface area contributed by atoms with Gasteiger partial charge in [-0.15, -0.1) is 0 Å². The van der Waals surface area contributed by atoms with Crippen molar-refractivity contribution in [3.63, 3.8) is 0 Å². The number of carbonyl (C=O) groups is 1. The Labute approximate surface area is 93.7 Å². The predicted molar refractivity (Wildman–Crippen MR) is 62.9 cm³/mol. The number of aromatic carboxylic acids is 1. The molecule has 0 aliphatic rings. The standard InChI is InChI=1S/C13H13NO2/c1-7-4-10-8(2)6-9(3)14-12(10)11(5-7)13(15)16/h4-6H,1-3H3,(H,15,16). The molecule has 1 heterocycles. The van der Waals surface area contributed by atoms with E-state index in [-0.39, 0.29) is 5.56 Å². The number of rotatable bonds is 1. The van der Waals surface area contributed by atoms with Gasteiger partial charge in [-0.25, -0.2) is 4.79 Å². The topological polar surface area (TPSA) is 50.2 Å². The zero-order valence-electron chi connectivity index (χ0n) is 9.53. The first-order valence-corrected chi connectivity index (χ1v) is 5.11. The number of aryl methyl sites for hydroxylation is 3. The summed E-state index contributed by atoms with van der Waals surface area (Å²) in [6.45, 7) is 5.74. The first kappa shape index (κ1) is 10.6. The fraction of sp³-hybridized carbons (Fsp3) is 0.231. The summed E-state index contributed by atoms with van der Waals surface area (Å²) < 4.78 is 0. The van der Waals surface area contributed by atoms with Crippen LogP contribution in [0.5, 0.6) is 0 Å². The second-order valence-electron chi connectivity index (χ2n) is 4.09. The lowest BCUT2D eigenvalue weighted by molar-refractivity contribution is 0.0698. The summed E-state index contributed by atoms with van der Waals surface area (Å²) in [5, 5.41) is 10.1. The number of carboxylic acids is 1. The van der Waals surface area contributed by atoms with Crippen LogP contribution in [0.1, 0.15) is 27.2 Å². The largest absolute Gasteiger partial charge is 0.478 e. The fourth-order valence-corrected chi connectivity index (χ4v) is 1.96. The van der Waals surface area contributed by atoms with E-state index in [2.05, 4.69) is 4.98 Å². The molecule has 1 N–H and O–H groups in total. The van der Waals surface area contributed by atoms with Gasteiger partial charge in [-0.2, -0.15) is 0 Å². The number of hydrogen-bond donors (Lipinski definition) is 1. The molecule has 3 heteroatoms. The van der Waals surface area contributed by atoms with E-state index in [0.29, 0.717) is 5.52 Å². The van der Waals surface area contributed by atoms with E-state index in [4.69, 9.17) is 5.11 Å². The minimum absolute atomic E-state index is 0.279. The molecule has 0 saturated heterocycles. The van der Waals surface area contributed by atoms with Gasteiger partial charge in [0.2, 0.25) is 0 Å². The van der Waals surface area contributed by atoms with Crippen LogP contribution < -0.4 is 0 Å². The third kappa shape index (κ3) is 1.65. The Balaban J connectivity index is 2.95. The monoisotopic (exact) mass is 215 g/mol. The number of pyridine rings is 1. The number of carboxylic acid groups (broad SMARTS) is 1. The molecule has 0 spiro atoms. The average Bonchev–Trinajstić information content (AvgIpc) is 2.18. The van der Waals surface area contributed by atoms with Gasteiger partial charge in [-0.05, 0) is 50.1 Å². The van der Waals surface area contributed by atoms with Crippen molar-refractivity contribution in [1.29, 1.82) is 0 Å². The van der Waals surface area contributed by atoms with Gasteiger partial charge in [-0.1, -0.05) is 0 Å². The van der Waals surface area contributed by atoms with E-state index in [1.54, 1.807) is 6.07 Å². The van der Waals surface area contributed by atoms with Crippen LogP contribution in [0.25, 0.3) is 10.9 Å². The molecule has 0 aliphatic carbocycles. The highest BCUT2D eigenvalue weighted by molar-refractivity contribution is 6.03. The lowest BCUT2D eigenvalue weighted by atomic mass is 10.0. The molecule has 3 nitrogen and oxygen atoms in total.